The van der Waals surface area contributed by atoms with E-state index in [1.54, 1.807) is 12.1 Å². The van der Waals surface area contributed by atoms with Crippen LogP contribution >= 0.6 is 0 Å². The second kappa shape index (κ2) is 2.85. The lowest BCUT2D eigenvalue weighted by molar-refractivity contribution is -0.287. The standard InChI is InChI=1S/C11H10F2O3/c12-11(13)15-8-3-1-2-7(9(8)16-11)6-10(14)4-5-10/h1-3,14H,4-6H2. The number of para-hydroxylation sites is 1. The number of alkyl halides is 2. The van der Waals surface area contributed by atoms with Gasteiger partial charge in [-0.1, -0.05) is 12.1 Å². The van der Waals surface area contributed by atoms with E-state index < -0.39 is 11.9 Å². The monoisotopic (exact) mass is 228 g/mol. The Morgan fingerprint density at radius 1 is 1.25 bits per heavy atom. The molecule has 1 aliphatic heterocycles. The minimum atomic E-state index is -3.59. The summed E-state index contributed by atoms with van der Waals surface area (Å²) in [5.74, 6) is 0.0829. The van der Waals surface area contributed by atoms with Gasteiger partial charge in [0.05, 0.1) is 5.60 Å². The average molecular weight is 228 g/mol. The van der Waals surface area contributed by atoms with Gasteiger partial charge in [-0.2, -0.15) is 0 Å². The van der Waals surface area contributed by atoms with Gasteiger partial charge in [0.1, 0.15) is 0 Å². The highest BCUT2D eigenvalue weighted by Crippen LogP contribution is 2.47. The zero-order valence-electron chi connectivity index (χ0n) is 8.37. The number of ether oxygens (including phenoxy) is 2. The molecule has 0 radical (unpaired) electrons. The summed E-state index contributed by atoms with van der Waals surface area (Å²) in [6, 6.07) is 4.71. The minimum absolute atomic E-state index is 0.0340. The lowest BCUT2D eigenvalue weighted by Crippen LogP contribution is -2.26. The van der Waals surface area contributed by atoms with Gasteiger partial charge in [0, 0.05) is 12.0 Å². The molecule has 1 aromatic carbocycles. The fraction of sp³-hybridized carbons (Fsp3) is 0.455. The quantitative estimate of drug-likeness (QED) is 0.842. The number of hydrogen-bond acceptors (Lipinski definition) is 3. The van der Waals surface area contributed by atoms with Crippen molar-refractivity contribution in [1.82, 2.24) is 0 Å². The molecule has 1 aliphatic carbocycles. The van der Waals surface area contributed by atoms with Gasteiger partial charge in [0.15, 0.2) is 11.5 Å². The molecule has 3 nitrogen and oxygen atoms in total. The van der Waals surface area contributed by atoms with E-state index in [2.05, 4.69) is 9.47 Å². The van der Waals surface area contributed by atoms with Crippen LogP contribution in [0.4, 0.5) is 8.78 Å². The Kier molecular flexibility index (Phi) is 1.75. The molecule has 0 spiro atoms. The van der Waals surface area contributed by atoms with Gasteiger partial charge < -0.3 is 14.6 Å². The van der Waals surface area contributed by atoms with E-state index in [1.165, 1.54) is 6.07 Å². The molecule has 0 unspecified atom stereocenters. The highest BCUT2D eigenvalue weighted by Gasteiger charge is 2.46. The first-order valence-electron chi connectivity index (χ1n) is 5.08. The van der Waals surface area contributed by atoms with Crippen molar-refractivity contribution in [3.05, 3.63) is 23.8 Å². The van der Waals surface area contributed by atoms with Crippen molar-refractivity contribution in [2.45, 2.75) is 31.2 Å². The van der Waals surface area contributed by atoms with Gasteiger partial charge in [-0.05, 0) is 18.9 Å². The van der Waals surface area contributed by atoms with Crippen LogP contribution in [0.15, 0.2) is 18.2 Å². The Morgan fingerprint density at radius 2 is 2.00 bits per heavy atom. The van der Waals surface area contributed by atoms with E-state index >= 15 is 0 Å². The largest absolute Gasteiger partial charge is 0.586 e. The maximum Gasteiger partial charge on any atom is 0.586 e. The van der Waals surface area contributed by atoms with E-state index in [4.69, 9.17) is 0 Å². The summed E-state index contributed by atoms with van der Waals surface area (Å²) >= 11 is 0. The highest BCUT2D eigenvalue weighted by atomic mass is 19.3. The predicted octanol–water partition coefficient (Wildman–Crippen LogP) is 2.08. The number of benzene rings is 1. The van der Waals surface area contributed by atoms with Gasteiger partial charge in [0.2, 0.25) is 0 Å². The molecule has 0 bridgehead atoms. The first-order valence-corrected chi connectivity index (χ1v) is 5.08. The van der Waals surface area contributed by atoms with Gasteiger partial charge in [-0.15, -0.1) is 8.78 Å². The molecule has 5 heteroatoms. The summed E-state index contributed by atoms with van der Waals surface area (Å²) in [4.78, 5) is 0. The lowest BCUT2D eigenvalue weighted by atomic mass is 10.1. The molecular weight excluding hydrogens is 218 g/mol. The first-order chi connectivity index (χ1) is 7.48. The maximum atomic E-state index is 12.9. The van der Waals surface area contributed by atoms with Crippen molar-refractivity contribution < 1.29 is 23.4 Å². The third-order valence-electron chi connectivity index (χ3n) is 2.86. The van der Waals surface area contributed by atoms with Crippen LogP contribution in [0.2, 0.25) is 0 Å². The molecule has 16 heavy (non-hydrogen) atoms. The van der Waals surface area contributed by atoms with Crippen molar-refractivity contribution in [2.75, 3.05) is 0 Å². The first kappa shape index (κ1) is 9.84. The van der Waals surface area contributed by atoms with Crippen molar-refractivity contribution in [3.8, 4) is 11.5 Å². The summed E-state index contributed by atoms with van der Waals surface area (Å²) in [5, 5.41) is 9.76. The van der Waals surface area contributed by atoms with E-state index in [9.17, 15) is 13.9 Å². The zero-order chi connectivity index (χ0) is 11.4. The third kappa shape index (κ3) is 1.61. The Hall–Kier alpha value is -1.36. The Balaban J connectivity index is 1.93. The summed E-state index contributed by atoms with van der Waals surface area (Å²) in [6.45, 7) is 0. The molecule has 1 heterocycles. The van der Waals surface area contributed by atoms with Crippen LogP contribution in [-0.4, -0.2) is 17.0 Å². The van der Waals surface area contributed by atoms with Gasteiger partial charge >= 0.3 is 6.29 Å². The Labute approximate surface area is 90.6 Å². The van der Waals surface area contributed by atoms with Gasteiger partial charge in [-0.3, -0.25) is 0 Å². The molecule has 2 aliphatic rings. The Bertz CT molecular complexity index is 441. The molecule has 1 aromatic rings. The van der Waals surface area contributed by atoms with E-state index in [1.807, 2.05) is 0 Å². The zero-order valence-corrected chi connectivity index (χ0v) is 8.37. The topological polar surface area (TPSA) is 38.7 Å². The molecule has 1 N–H and O–H groups in total. The fourth-order valence-corrected chi connectivity index (χ4v) is 1.84. The van der Waals surface area contributed by atoms with Crippen molar-refractivity contribution >= 4 is 0 Å². The van der Waals surface area contributed by atoms with Gasteiger partial charge in [0.25, 0.3) is 0 Å². The molecule has 0 aromatic heterocycles. The van der Waals surface area contributed by atoms with E-state index in [0.29, 0.717) is 24.8 Å². The molecular formula is C11H10F2O3. The molecule has 0 amide bonds. The van der Waals surface area contributed by atoms with Crippen LogP contribution in [0.5, 0.6) is 11.5 Å². The lowest BCUT2D eigenvalue weighted by Gasteiger charge is -2.10. The van der Waals surface area contributed by atoms with Crippen molar-refractivity contribution in [1.29, 1.82) is 0 Å². The van der Waals surface area contributed by atoms with Crippen molar-refractivity contribution in [2.24, 2.45) is 0 Å². The van der Waals surface area contributed by atoms with Crippen LogP contribution in [0.3, 0.4) is 0 Å². The van der Waals surface area contributed by atoms with Crippen LogP contribution in [0.25, 0.3) is 0 Å². The summed E-state index contributed by atoms with van der Waals surface area (Å²) in [6.07, 6.45) is -1.86. The fourth-order valence-electron chi connectivity index (χ4n) is 1.84. The SMILES string of the molecule is OC1(Cc2cccc3c2OC(F)(F)O3)CC1. The average Bonchev–Trinajstić information content (AvgIpc) is 2.78. The highest BCUT2D eigenvalue weighted by molar-refractivity contribution is 5.49. The number of rotatable bonds is 2. The summed E-state index contributed by atoms with van der Waals surface area (Å²) < 4.78 is 34.5. The van der Waals surface area contributed by atoms with Gasteiger partial charge in [-0.25, -0.2) is 0 Å². The number of hydrogen-bond donors (Lipinski definition) is 1. The predicted molar refractivity (Wildman–Crippen MR) is 50.5 cm³/mol. The second-order valence-corrected chi connectivity index (χ2v) is 4.31. The molecule has 1 fully saturated rings. The van der Waals surface area contributed by atoms with Crippen LogP contribution in [0.1, 0.15) is 18.4 Å². The number of halogens is 2. The van der Waals surface area contributed by atoms with Crippen LogP contribution in [0, 0.1) is 0 Å². The van der Waals surface area contributed by atoms with Crippen LogP contribution < -0.4 is 9.47 Å². The minimum Gasteiger partial charge on any atom is -0.395 e. The number of fused-ring (bicyclic) bond motifs is 1. The normalized spacial score (nSPS) is 23.2. The summed E-state index contributed by atoms with van der Waals surface area (Å²) in [7, 11) is 0. The smallest absolute Gasteiger partial charge is 0.395 e. The van der Waals surface area contributed by atoms with Crippen molar-refractivity contribution in [3.63, 3.8) is 0 Å². The molecule has 0 atom stereocenters. The number of aliphatic hydroxyl groups is 1. The third-order valence-corrected chi connectivity index (χ3v) is 2.86. The van der Waals surface area contributed by atoms with Crippen LogP contribution in [-0.2, 0) is 6.42 Å². The maximum absolute atomic E-state index is 12.9. The molecule has 0 saturated heterocycles. The Morgan fingerprint density at radius 3 is 2.69 bits per heavy atom. The summed E-state index contributed by atoms with van der Waals surface area (Å²) in [5.41, 5.74) is -0.175. The second-order valence-electron chi connectivity index (χ2n) is 4.31. The van der Waals surface area contributed by atoms with E-state index in [-0.39, 0.29) is 11.5 Å². The molecule has 3 rings (SSSR count). The molecule has 86 valence electrons. The molecule has 1 saturated carbocycles. The van der Waals surface area contributed by atoms with E-state index in [0.717, 1.165) is 0 Å².